The summed E-state index contributed by atoms with van der Waals surface area (Å²) in [5, 5.41) is 21.6. The van der Waals surface area contributed by atoms with Crippen LogP contribution in [0.2, 0.25) is 0 Å². The molecule has 0 unspecified atom stereocenters. The number of amides is 2. The number of rotatable bonds is 10. The van der Waals surface area contributed by atoms with Crippen molar-refractivity contribution in [1.82, 2.24) is 10.6 Å². The highest BCUT2D eigenvalue weighted by molar-refractivity contribution is 5.86. The minimum Gasteiger partial charge on any atom is -0.481 e. The first kappa shape index (κ1) is 17.1. The van der Waals surface area contributed by atoms with Crippen molar-refractivity contribution >= 4 is 18.0 Å². The molecule has 4 N–H and O–H groups in total. The number of hydrogen-bond acceptors (Lipinski definition) is 5. The molecule has 110 valence electrons. The average molecular weight is 278 g/mol. The Hall–Kier alpha value is -1.87. The lowest BCUT2D eigenvalue weighted by molar-refractivity contribution is -0.145. The number of aliphatic carboxylic acids is 2. The van der Waals surface area contributed by atoms with Gasteiger partial charge in [0.1, 0.15) is 6.04 Å². The Balaban J connectivity index is 3.81. The van der Waals surface area contributed by atoms with Gasteiger partial charge in [0.15, 0.2) is 0 Å². The number of carbonyl (C=O) groups excluding carboxylic acids is 1. The normalized spacial score (nSPS) is 11.6. The summed E-state index contributed by atoms with van der Waals surface area (Å²) in [7, 11) is 1.53. The lowest BCUT2D eigenvalue weighted by atomic mass is 10.2. The maximum Gasteiger partial charge on any atom is 0.326 e. The Morgan fingerprint density at radius 1 is 1.16 bits per heavy atom. The van der Waals surface area contributed by atoms with Crippen LogP contribution < -0.4 is 10.6 Å². The molecule has 0 heterocycles. The third-order valence-corrected chi connectivity index (χ3v) is 1.95. The Bertz CT molecular complexity index is 308. The first-order chi connectivity index (χ1) is 8.97. The molecular weight excluding hydrogens is 260 g/mol. The lowest BCUT2D eigenvalue weighted by Gasteiger charge is -2.13. The number of carbonyl (C=O) groups is 3. The molecule has 19 heavy (non-hydrogen) atoms. The third kappa shape index (κ3) is 9.80. The topological polar surface area (TPSA) is 134 Å². The zero-order valence-electron chi connectivity index (χ0n) is 10.5. The van der Waals surface area contributed by atoms with Gasteiger partial charge in [-0.3, -0.25) is 4.79 Å². The van der Waals surface area contributed by atoms with Gasteiger partial charge in [-0.25, -0.2) is 9.59 Å². The molecule has 0 radical (unpaired) electrons. The van der Waals surface area contributed by atoms with Gasteiger partial charge in [0.25, 0.3) is 0 Å². The van der Waals surface area contributed by atoms with Crippen LogP contribution in [0.25, 0.3) is 0 Å². The van der Waals surface area contributed by atoms with Gasteiger partial charge >= 0.3 is 18.0 Å². The second-order valence-corrected chi connectivity index (χ2v) is 3.49. The minimum absolute atomic E-state index is 0.176. The van der Waals surface area contributed by atoms with Crippen LogP contribution in [0.15, 0.2) is 0 Å². The molecule has 9 heteroatoms. The van der Waals surface area contributed by atoms with E-state index in [2.05, 4.69) is 5.32 Å². The van der Waals surface area contributed by atoms with Crippen molar-refractivity contribution in [3.05, 3.63) is 0 Å². The predicted octanol–water partition coefficient (Wildman–Crippen LogP) is -1.12. The van der Waals surface area contributed by atoms with Crippen molar-refractivity contribution < 1.29 is 34.1 Å². The number of carboxylic acid groups (broad SMARTS) is 2. The number of urea groups is 1. The molecule has 0 aliphatic carbocycles. The molecule has 0 bridgehead atoms. The molecular formula is C10H18N2O7. The Morgan fingerprint density at radius 2 is 1.84 bits per heavy atom. The van der Waals surface area contributed by atoms with E-state index < -0.39 is 30.4 Å². The summed E-state index contributed by atoms with van der Waals surface area (Å²) >= 11 is 0. The van der Waals surface area contributed by atoms with E-state index in [-0.39, 0.29) is 13.2 Å². The van der Waals surface area contributed by atoms with Crippen LogP contribution in [0.1, 0.15) is 6.42 Å². The smallest absolute Gasteiger partial charge is 0.326 e. The van der Waals surface area contributed by atoms with E-state index in [4.69, 9.17) is 19.7 Å². The summed E-state index contributed by atoms with van der Waals surface area (Å²) in [6.07, 6.45) is -0.687. The Morgan fingerprint density at radius 3 is 2.37 bits per heavy atom. The Kier molecular flexibility index (Phi) is 9.10. The van der Waals surface area contributed by atoms with E-state index in [1.54, 1.807) is 0 Å². The van der Waals surface area contributed by atoms with E-state index in [1.165, 1.54) is 7.11 Å². The second-order valence-electron chi connectivity index (χ2n) is 3.49. The van der Waals surface area contributed by atoms with Crippen LogP contribution in [-0.4, -0.2) is 67.7 Å². The van der Waals surface area contributed by atoms with Crippen LogP contribution in [0, 0.1) is 0 Å². The fourth-order valence-electron chi connectivity index (χ4n) is 1.07. The van der Waals surface area contributed by atoms with Crippen molar-refractivity contribution in [1.29, 1.82) is 0 Å². The number of hydrogen-bond donors (Lipinski definition) is 4. The van der Waals surface area contributed by atoms with Crippen molar-refractivity contribution in [2.45, 2.75) is 12.5 Å². The Labute approximate surface area is 109 Å². The number of nitrogens with one attached hydrogen (secondary N) is 2. The van der Waals surface area contributed by atoms with Gasteiger partial charge in [0.05, 0.1) is 26.2 Å². The molecule has 0 rings (SSSR count). The first-order valence-electron chi connectivity index (χ1n) is 5.53. The summed E-state index contributed by atoms with van der Waals surface area (Å²) in [6.45, 7) is 1.24. The molecule has 0 saturated heterocycles. The van der Waals surface area contributed by atoms with Crippen molar-refractivity contribution in [2.24, 2.45) is 0 Å². The van der Waals surface area contributed by atoms with Gasteiger partial charge in [-0.2, -0.15) is 0 Å². The van der Waals surface area contributed by atoms with Crippen LogP contribution >= 0.6 is 0 Å². The van der Waals surface area contributed by atoms with E-state index in [9.17, 15) is 14.4 Å². The van der Waals surface area contributed by atoms with Crippen molar-refractivity contribution in [2.75, 3.05) is 33.5 Å². The molecule has 1 atom stereocenters. The fraction of sp³-hybridized carbons (Fsp3) is 0.700. The summed E-state index contributed by atoms with van der Waals surface area (Å²) in [5.41, 5.74) is 0. The molecule has 9 nitrogen and oxygen atoms in total. The SMILES string of the molecule is COCCOCCNC(=O)N[C@@H](CC(=O)O)C(=O)O. The monoisotopic (exact) mass is 278 g/mol. The standard InChI is InChI=1S/C10H18N2O7/c1-18-4-5-19-3-2-11-10(17)12-7(9(15)16)6-8(13)14/h7H,2-6H2,1H3,(H,13,14)(H,15,16)(H2,11,12,17)/t7-/m0/s1. The van der Waals surface area contributed by atoms with Gasteiger partial charge in [0, 0.05) is 13.7 Å². The van der Waals surface area contributed by atoms with Gasteiger partial charge in [-0.05, 0) is 0 Å². The third-order valence-electron chi connectivity index (χ3n) is 1.95. The van der Waals surface area contributed by atoms with Gasteiger partial charge in [-0.15, -0.1) is 0 Å². The fourth-order valence-corrected chi connectivity index (χ4v) is 1.07. The zero-order valence-corrected chi connectivity index (χ0v) is 10.5. The quantitative estimate of drug-likeness (QED) is 0.372. The van der Waals surface area contributed by atoms with E-state index in [0.717, 1.165) is 0 Å². The minimum atomic E-state index is -1.47. The average Bonchev–Trinajstić information content (AvgIpc) is 2.32. The number of methoxy groups -OCH3 is 1. The summed E-state index contributed by atoms with van der Waals surface area (Å²) < 4.78 is 9.80. The largest absolute Gasteiger partial charge is 0.481 e. The van der Waals surface area contributed by atoms with E-state index >= 15 is 0 Å². The van der Waals surface area contributed by atoms with Crippen LogP contribution in [0.3, 0.4) is 0 Å². The van der Waals surface area contributed by atoms with Gasteiger partial charge in [-0.1, -0.05) is 0 Å². The number of ether oxygens (including phenoxy) is 2. The van der Waals surface area contributed by atoms with Crippen molar-refractivity contribution in [3.63, 3.8) is 0 Å². The maximum atomic E-state index is 11.3. The highest BCUT2D eigenvalue weighted by atomic mass is 16.5. The number of carboxylic acids is 2. The highest BCUT2D eigenvalue weighted by Crippen LogP contribution is 1.92. The molecule has 0 fully saturated rings. The van der Waals surface area contributed by atoms with Gasteiger partial charge in [0.2, 0.25) is 0 Å². The van der Waals surface area contributed by atoms with Crippen LogP contribution in [0.5, 0.6) is 0 Å². The molecule has 0 saturated carbocycles. The molecule has 0 aromatic rings. The first-order valence-corrected chi connectivity index (χ1v) is 5.53. The second kappa shape index (κ2) is 10.1. The van der Waals surface area contributed by atoms with Crippen LogP contribution in [0.4, 0.5) is 4.79 Å². The lowest BCUT2D eigenvalue weighted by Crippen LogP contribution is -2.47. The predicted molar refractivity (Wildman–Crippen MR) is 62.9 cm³/mol. The molecule has 0 aliphatic heterocycles. The molecule has 2 amide bonds. The molecule has 0 aromatic heterocycles. The summed E-state index contributed by atoms with van der Waals surface area (Å²) in [4.78, 5) is 32.3. The maximum absolute atomic E-state index is 11.3. The zero-order chi connectivity index (χ0) is 14.7. The molecule has 0 aromatic carbocycles. The summed E-state index contributed by atoms with van der Waals surface area (Å²) in [5.74, 6) is -2.72. The van der Waals surface area contributed by atoms with E-state index in [0.29, 0.717) is 13.2 Å². The van der Waals surface area contributed by atoms with Crippen LogP contribution in [-0.2, 0) is 19.1 Å². The highest BCUT2D eigenvalue weighted by Gasteiger charge is 2.22. The van der Waals surface area contributed by atoms with Gasteiger partial charge < -0.3 is 30.3 Å². The van der Waals surface area contributed by atoms with E-state index in [1.807, 2.05) is 5.32 Å². The molecule has 0 spiro atoms. The molecule has 0 aliphatic rings. The summed E-state index contributed by atoms with van der Waals surface area (Å²) in [6, 6.07) is -2.23. The van der Waals surface area contributed by atoms with Crippen molar-refractivity contribution in [3.8, 4) is 0 Å².